The van der Waals surface area contributed by atoms with E-state index in [1.165, 1.54) is 11.1 Å². The van der Waals surface area contributed by atoms with Crippen LogP contribution in [0.25, 0.3) is 0 Å². The Hall–Kier alpha value is -1.26. The fourth-order valence-electron chi connectivity index (χ4n) is 2.01. The number of likely N-dealkylation sites (N-methyl/N-ethyl adjacent to an activating group) is 1. The molecule has 1 aromatic carbocycles. The second kappa shape index (κ2) is 5.59. The summed E-state index contributed by atoms with van der Waals surface area (Å²) < 4.78 is 11.2. The molecule has 0 spiro atoms. The van der Waals surface area contributed by atoms with Crippen LogP contribution in [-0.2, 0) is 6.54 Å². The molecule has 0 saturated carbocycles. The van der Waals surface area contributed by atoms with Crippen molar-refractivity contribution in [1.29, 1.82) is 0 Å². The molecule has 4 heteroatoms. The van der Waals surface area contributed by atoms with Crippen LogP contribution in [0.2, 0.25) is 0 Å². The average Bonchev–Trinajstić information content (AvgIpc) is 2.38. The minimum absolute atomic E-state index is 0.373. The van der Waals surface area contributed by atoms with E-state index in [2.05, 4.69) is 37.9 Å². The van der Waals surface area contributed by atoms with Crippen molar-refractivity contribution in [3.8, 4) is 11.5 Å². The van der Waals surface area contributed by atoms with E-state index < -0.39 is 0 Å². The summed E-state index contributed by atoms with van der Waals surface area (Å²) in [7, 11) is 2.09. The molecule has 0 aliphatic carbocycles. The van der Waals surface area contributed by atoms with Gasteiger partial charge in [0.05, 0.1) is 0 Å². The van der Waals surface area contributed by atoms with E-state index in [1.807, 2.05) is 0 Å². The lowest BCUT2D eigenvalue weighted by Gasteiger charge is -2.26. The van der Waals surface area contributed by atoms with Crippen LogP contribution >= 0.6 is 0 Å². The summed E-state index contributed by atoms with van der Waals surface area (Å²) in [4.78, 5) is 2.25. The summed E-state index contributed by atoms with van der Waals surface area (Å²) in [6.45, 7) is 7.04. The summed E-state index contributed by atoms with van der Waals surface area (Å²) in [5.74, 6) is 1.72. The summed E-state index contributed by atoms with van der Waals surface area (Å²) >= 11 is 0. The third kappa shape index (κ3) is 2.76. The standard InChI is InChI=1S/C14H22N2O2/c1-10-6-13-14(18-5-4-17-13)7-12(10)9-16(3)11(2)8-15/h6-7,11H,4-5,8-9,15H2,1-3H3. The van der Waals surface area contributed by atoms with E-state index in [4.69, 9.17) is 15.2 Å². The Morgan fingerprint density at radius 1 is 1.28 bits per heavy atom. The lowest BCUT2D eigenvalue weighted by atomic mass is 10.1. The first-order valence-electron chi connectivity index (χ1n) is 6.41. The zero-order valence-corrected chi connectivity index (χ0v) is 11.4. The number of benzene rings is 1. The van der Waals surface area contributed by atoms with Crippen molar-refractivity contribution in [2.24, 2.45) is 5.73 Å². The van der Waals surface area contributed by atoms with Gasteiger partial charge in [-0.15, -0.1) is 0 Å². The van der Waals surface area contributed by atoms with Crippen molar-refractivity contribution >= 4 is 0 Å². The first kappa shape index (κ1) is 13.2. The monoisotopic (exact) mass is 250 g/mol. The Balaban J connectivity index is 2.18. The largest absolute Gasteiger partial charge is 0.486 e. The predicted molar refractivity (Wildman–Crippen MR) is 72.2 cm³/mol. The fourth-order valence-corrected chi connectivity index (χ4v) is 2.01. The maximum atomic E-state index is 5.69. The Morgan fingerprint density at radius 3 is 2.50 bits per heavy atom. The summed E-state index contributed by atoms with van der Waals surface area (Å²) in [5, 5.41) is 0. The first-order chi connectivity index (χ1) is 8.61. The minimum Gasteiger partial charge on any atom is -0.486 e. The molecule has 1 heterocycles. The number of nitrogens with two attached hydrogens (primary N) is 1. The number of fused-ring (bicyclic) bond motifs is 1. The van der Waals surface area contributed by atoms with Crippen molar-refractivity contribution in [1.82, 2.24) is 4.90 Å². The van der Waals surface area contributed by atoms with Gasteiger partial charge in [0.15, 0.2) is 11.5 Å². The van der Waals surface area contributed by atoms with Crippen molar-refractivity contribution < 1.29 is 9.47 Å². The molecule has 0 bridgehead atoms. The highest BCUT2D eigenvalue weighted by molar-refractivity contribution is 5.47. The molecule has 2 rings (SSSR count). The van der Waals surface area contributed by atoms with E-state index in [9.17, 15) is 0 Å². The number of hydrogen-bond donors (Lipinski definition) is 1. The van der Waals surface area contributed by atoms with Gasteiger partial charge in [-0.25, -0.2) is 0 Å². The Labute approximate surface area is 109 Å². The van der Waals surface area contributed by atoms with Crippen molar-refractivity contribution in [2.75, 3.05) is 26.8 Å². The Kier molecular flexibility index (Phi) is 4.09. The van der Waals surface area contributed by atoms with Gasteiger partial charge >= 0.3 is 0 Å². The van der Waals surface area contributed by atoms with Crippen molar-refractivity contribution in [3.05, 3.63) is 23.3 Å². The molecule has 0 fully saturated rings. The van der Waals surface area contributed by atoms with Gasteiger partial charge in [-0.2, -0.15) is 0 Å². The molecule has 1 atom stereocenters. The van der Waals surface area contributed by atoms with Gasteiger partial charge in [-0.05, 0) is 44.2 Å². The molecule has 1 unspecified atom stereocenters. The quantitative estimate of drug-likeness (QED) is 0.880. The lowest BCUT2D eigenvalue weighted by Crippen LogP contribution is -2.35. The van der Waals surface area contributed by atoms with E-state index in [0.717, 1.165) is 18.0 Å². The maximum Gasteiger partial charge on any atom is 0.161 e. The van der Waals surface area contributed by atoms with Gasteiger partial charge in [0.2, 0.25) is 0 Å². The molecule has 1 aromatic rings. The van der Waals surface area contributed by atoms with Crippen LogP contribution < -0.4 is 15.2 Å². The molecular formula is C14H22N2O2. The third-order valence-electron chi connectivity index (χ3n) is 3.51. The van der Waals surface area contributed by atoms with Gasteiger partial charge in [-0.3, -0.25) is 4.90 Å². The average molecular weight is 250 g/mol. The van der Waals surface area contributed by atoms with Crippen LogP contribution in [0, 0.1) is 6.92 Å². The van der Waals surface area contributed by atoms with Crippen LogP contribution in [0.15, 0.2) is 12.1 Å². The molecule has 0 aromatic heterocycles. The number of hydrogen-bond acceptors (Lipinski definition) is 4. The molecule has 2 N–H and O–H groups in total. The van der Waals surface area contributed by atoms with Crippen molar-refractivity contribution in [3.63, 3.8) is 0 Å². The Bertz CT molecular complexity index is 421. The number of rotatable bonds is 4. The van der Waals surface area contributed by atoms with E-state index in [1.54, 1.807) is 0 Å². The van der Waals surface area contributed by atoms with Gasteiger partial charge < -0.3 is 15.2 Å². The topological polar surface area (TPSA) is 47.7 Å². The highest BCUT2D eigenvalue weighted by atomic mass is 16.6. The van der Waals surface area contributed by atoms with E-state index >= 15 is 0 Å². The van der Waals surface area contributed by atoms with Gasteiger partial charge in [0.1, 0.15) is 13.2 Å². The van der Waals surface area contributed by atoms with E-state index in [-0.39, 0.29) is 0 Å². The SMILES string of the molecule is Cc1cc2c(cc1CN(C)C(C)CN)OCCO2. The lowest BCUT2D eigenvalue weighted by molar-refractivity contribution is 0.170. The zero-order chi connectivity index (χ0) is 13.1. The molecule has 0 saturated heterocycles. The van der Waals surface area contributed by atoms with Crippen LogP contribution in [0.5, 0.6) is 11.5 Å². The molecule has 100 valence electrons. The number of ether oxygens (including phenoxy) is 2. The first-order valence-corrected chi connectivity index (χ1v) is 6.41. The molecule has 18 heavy (non-hydrogen) atoms. The van der Waals surface area contributed by atoms with Crippen LogP contribution in [0.3, 0.4) is 0 Å². The van der Waals surface area contributed by atoms with Crippen molar-refractivity contribution in [2.45, 2.75) is 26.4 Å². The van der Waals surface area contributed by atoms with Crippen LogP contribution in [-0.4, -0.2) is 37.7 Å². The summed E-state index contributed by atoms with van der Waals surface area (Å²) in [6.07, 6.45) is 0. The highest BCUT2D eigenvalue weighted by Gasteiger charge is 2.16. The molecule has 4 nitrogen and oxygen atoms in total. The van der Waals surface area contributed by atoms with Crippen LogP contribution in [0.1, 0.15) is 18.1 Å². The van der Waals surface area contributed by atoms with E-state index in [0.29, 0.717) is 25.8 Å². The summed E-state index contributed by atoms with van der Waals surface area (Å²) in [6, 6.07) is 4.52. The fraction of sp³-hybridized carbons (Fsp3) is 0.571. The predicted octanol–water partition coefficient (Wildman–Crippen LogP) is 1.55. The second-order valence-corrected chi connectivity index (χ2v) is 4.92. The summed E-state index contributed by atoms with van der Waals surface area (Å²) in [5.41, 5.74) is 8.19. The highest BCUT2D eigenvalue weighted by Crippen LogP contribution is 2.33. The maximum absolute atomic E-state index is 5.69. The van der Waals surface area contributed by atoms with Gasteiger partial charge in [0.25, 0.3) is 0 Å². The van der Waals surface area contributed by atoms with Gasteiger partial charge in [-0.1, -0.05) is 0 Å². The normalized spacial score (nSPS) is 15.8. The molecule has 1 aliphatic heterocycles. The third-order valence-corrected chi connectivity index (χ3v) is 3.51. The molecule has 0 amide bonds. The number of nitrogens with zero attached hydrogens (tertiary/aromatic N) is 1. The van der Waals surface area contributed by atoms with Crippen LogP contribution in [0.4, 0.5) is 0 Å². The number of aryl methyl sites for hydroxylation is 1. The van der Waals surface area contributed by atoms with Gasteiger partial charge in [0, 0.05) is 19.1 Å². The molecule has 1 aliphatic rings. The zero-order valence-electron chi connectivity index (χ0n) is 11.4. The molecule has 0 radical (unpaired) electrons. The second-order valence-electron chi connectivity index (χ2n) is 4.92. The molecular weight excluding hydrogens is 228 g/mol. The Morgan fingerprint density at radius 2 is 1.89 bits per heavy atom. The smallest absolute Gasteiger partial charge is 0.161 e. The minimum atomic E-state index is 0.373.